The molecule has 1 amide bonds. The number of ether oxygens (including phenoxy) is 1. The molecule has 1 fully saturated rings. The van der Waals surface area contributed by atoms with Gasteiger partial charge in [-0.2, -0.15) is 4.98 Å². The largest absolute Gasteiger partial charge is 0.476 e. The molecule has 29 heavy (non-hydrogen) atoms. The van der Waals surface area contributed by atoms with Crippen molar-refractivity contribution >= 4 is 17.4 Å². The Morgan fingerprint density at radius 3 is 2.38 bits per heavy atom. The summed E-state index contributed by atoms with van der Waals surface area (Å²) < 4.78 is 6.02. The number of nitrogens with one attached hydrogen (secondary N) is 1. The van der Waals surface area contributed by atoms with Gasteiger partial charge in [0.1, 0.15) is 12.4 Å². The molecule has 2 heterocycles. The third-order valence-corrected chi connectivity index (χ3v) is 4.96. The lowest BCUT2D eigenvalue weighted by Crippen LogP contribution is -2.48. The van der Waals surface area contributed by atoms with Crippen molar-refractivity contribution in [2.75, 3.05) is 62.6 Å². The van der Waals surface area contributed by atoms with Gasteiger partial charge in [0.05, 0.1) is 0 Å². The summed E-state index contributed by atoms with van der Waals surface area (Å²) in [6.45, 7) is 18.6. The number of piperazine rings is 1. The average Bonchev–Trinajstić information content (AvgIpc) is 2.67. The van der Waals surface area contributed by atoms with E-state index in [0.29, 0.717) is 12.5 Å². The molecule has 0 spiro atoms. The number of allylic oxidation sites excluding steroid dienone is 1. The van der Waals surface area contributed by atoms with Crippen molar-refractivity contribution in [1.29, 1.82) is 0 Å². The van der Waals surface area contributed by atoms with Gasteiger partial charge in [0.15, 0.2) is 0 Å². The maximum atomic E-state index is 11.5. The van der Waals surface area contributed by atoms with E-state index in [0.717, 1.165) is 75.9 Å². The molecule has 0 bridgehead atoms. The van der Waals surface area contributed by atoms with Crippen molar-refractivity contribution < 1.29 is 9.53 Å². The molecule has 7 heteroatoms. The number of nitrogens with zero attached hydrogens (tertiary/aromatic N) is 4. The number of amides is 1. The fourth-order valence-corrected chi connectivity index (χ4v) is 3.51. The Bertz CT molecular complexity index is 665. The number of pyridine rings is 1. The van der Waals surface area contributed by atoms with Gasteiger partial charge >= 0.3 is 0 Å². The van der Waals surface area contributed by atoms with Crippen LogP contribution in [0.3, 0.4) is 0 Å². The molecular weight excluding hydrogens is 366 g/mol. The Morgan fingerprint density at radius 2 is 1.83 bits per heavy atom. The highest BCUT2D eigenvalue weighted by Crippen LogP contribution is 2.25. The molecule has 1 aliphatic rings. The number of anilines is 2. The van der Waals surface area contributed by atoms with Crippen LogP contribution in [0.2, 0.25) is 0 Å². The molecular formula is C22H37N5O2. The van der Waals surface area contributed by atoms with E-state index >= 15 is 0 Å². The van der Waals surface area contributed by atoms with Crippen LogP contribution in [0.5, 0.6) is 5.88 Å². The fourth-order valence-electron chi connectivity index (χ4n) is 3.51. The topological polar surface area (TPSA) is 60.9 Å². The number of aromatic nitrogens is 1. The lowest BCUT2D eigenvalue weighted by atomic mass is 10.2. The summed E-state index contributed by atoms with van der Waals surface area (Å²) in [7, 11) is 0. The van der Waals surface area contributed by atoms with Gasteiger partial charge in [-0.1, -0.05) is 20.4 Å². The monoisotopic (exact) mass is 403 g/mol. The minimum absolute atomic E-state index is 0.156. The van der Waals surface area contributed by atoms with E-state index in [2.05, 4.69) is 46.6 Å². The number of carbonyl (C=O) groups excluding carboxylic acids is 1. The summed E-state index contributed by atoms with van der Waals surface area (Å²) in [6.07, 6.45) is 2.18. The smallest absolute Gasteiger partial charge is 0.219 e. The molecule has 1 saturated heterocycles. The van der Waals surface area contributed by atoms with E-state index in [9.17, 15) is 4.79 Å². The van der Waals surface area contributed by atoms with Gasteiger partial charge in [0, 0.05) is 76.3 Å². The van der Waals surface area contributed by atoms with Gasteiger partial charge in [-0.15, -0.1) is 0 Å². The third-order valence-electron chi connectivity index (χ3n) is 4.96. The quantitative estimate of drug-likeness (QED) is 0.612. The molecule has 2 rings (SSSR count). The Hall–Kier alpha value is -2.28. The Balaban J connectivity index is 2.00. The molecule has 1 aromatic rings. The number of hydrogen-bond donors (Lipinski definition) is 1. The standard InChI is InChI=1S/C22H37N5O2/c1-6-8-27(9-7-2)20-16-21(23-18(3)4)24-22(17-20)29-15-14-25-10-12-26(13-11-25)19(5)28/h16-17H,3,6-15H2,1-2,4-5H3,(H,23,24). The Labute approximate surface area is 175 Å². The fraction of sp³-hybridized carbons (Fsp3) is 0.636. The first-order valence-corrected chi connectivity index (χ1v) is 10.7. The van der Waals surface area contributed by atoms with Crippen LogP contribution in [0.25, 0.3) is 0 Å². The Morgan fingerprint density at radius 1 is 1.17 bits per heavy atom. The van der Waals surface area contributed by atoms with Gasteiger partial charge in [-0.3, -0.25) is 9.69 Å². The van der Waals surface area contributed by atoms with Crippen molar-refractivity contribution in [3.63, 3.8) is 0 Å². The van der Waals surface area contributed by atoms with Crippen LogP contribution in [0.4, 0.5) is 11.5 Å². The lowest BCUT2D eigenvalue weighted by Gasteiger charge is -2.34. The van der Waals surface area contributed by atoms with Crippen LogP contribution in [-0.4, -0.2) is 73.1 Å². The molecule has 0 radical (unpaired) electrons. The van der Waals surface area contributed by atoms with E-state index in [-0.39, 0.29) is 5.91 Å². The lowest BCUT2D eigenvalue weighted by molar-refractivity contribution is -0.130. The second-order valence-corrected chi connectivity index (χ2v) is 7.64. The summed E-state index contributed by atoms with van der Waals surface area (Å²) in [5.74, 6) is 1.55. The predicted octanol–water partition coefficient (Wildman–Crippen LogP) is 3.20. The number of hydrogen-bond acceptors (Lipinski definition) is 6. The van der Waals surface area contributed by atoms with E-state index < -0.39 is 0 Å². The van der Waals surface area contributed by atoms with Gasteiger partial charge in [-0.25, -0.2) is 0 Å². The molecule has 162 valence electrons. The van der Waals surface area contributed by atoms with Crippen LogP contribution in [0.15, 0.2) is 24.4 Å². The normalized spacial score (nSPS) is 14.6. The van der Waals surface area contributed by atoms with Crippen LogP contribution >= 0.6 is 0 Å². The molecule has 0 saturated carbocycles. The van der Waals surface area contributed by atoms with Crippen LogP contribution in [0, 0.1) is 0 Å². The van der Waals surface area contributed by atoms with Crippen molar-refractivity contribution in [1.82, 2.24) is 14.8 Å². The summed E-state index contributed by atoms with van der Waals surface area (Å²) in [5, 5.41) is 3.22. The Kier molecular flexibility index (Phi) is 9.25. The first-order valence-electron chi connectivity index (χ1n) is 10.7. The number of carbonyl (C=O) groups is 1. The van der Waals surface area contributed by atoms with Crippen molar-refractivity contribution in [2.45, 2.75) is 40.5 Å². The second-order valence-electron chi connectivity index (χ2n) is 7.64. The van der Waals surface area contributed by atoms with Gasteiger partial charge in [-0.05, 0) is 19.8 Å². The van der Waals surface area contributed by atoms with Gasteiger partial charge in [0.25, 0.3) is 0 Å². The summed E-state index contributed by atoms with van der Waals surface area (Å²) in [6, 6.07) is 4.09. The zero-order chi connectivity index (χ0) is 21.2. The van der Waals surface area contributed by atoms with Gasteiger partial charge in [0.2, 0.25) is 11.8 Å². The molecule has 1 aliphatic heterocycles. The summed E-state index contributed by atoms with van der Waals surface area (Å²) in [4.78, 5) is 22.7. The second kappa shape index (κ2) is 11.7. The van der Waals surface area contributed by atoms with Gasteiger partial charge < -0.3 is 19.9 Å². The molecule has 0 aliphatic carbocycles. The number of rotatable bonds is 11. The predicted molar refractivity (Wildman–Crippen MR) is 120 cm³/mol. The minimum Gasteiger partial charge on any atom is -0.476 e. The van der Waals surface area contributed by atoms with Crippen LogP contribution < -0.4 is 15.0 Å². The SMILES string of the molecule is C=C(C)Nc1cc(N(CCC)CCC)cc(OCCN2CCN(C(C)=O)CC2)n1. The highest BCUT2D eigenvalue weighted by Gasteiger charge is 2.18. The van der Waals surface area contributed by atoms with Crippen LogP contribution in [0.1, 0.15) is 40.5 Å². The van der Waals surface area contributed by atoms with Crippen molar-refractivity contribution in [2.24, 2.45) is 0 Å². The highest BCUT2D eigenvalue weighted by atomic mass is 16.5. The zero-order valence-corrected chi connectivity index (χ0v) is 18.5. The van der Waals surface area contributed by atoms with E-state index in [1.807, 2.05) is 17.9 Å². The minimum atomic E-state index is 0.156. The van der Waals surface area contributed by atoms with Crippen molar-refractivity contribution in [3.05, 3.63) is 24.4 Å². The average molecular weight is 404 g/mol. The molecule has 0 aromatic carbocycles. The maximum absolute atomic E-state index is 11.5. The van der Waals surface area contributed by atoms with E-state index in [1.165, 1.54) is 0 Å². The zero-order valence-electron chi connectivity index (χ0n) is 18.5. The summed E-state index contributed by atoms with van der Waals surface area (Å²) in [5.41, 5.74) is 1.97. The molecule has 1 aromatic heterocycles. The first kappa shape index (κ1) is 23.0. The first-order chi connectivity index (χ1) is 13.9. The third kappa shape index (κ3) is 7.57. The van der Waals surface area contributed by atoms with E-state index in [4.69, 9.17) is 4.74 Å². The molecule has 0 atom stereocenters. The molecule has 1 N–H and O–H groups in total. The molecule has 7 nitrogen and oxygen atoms in total. The maximum Gasteiger partial charge on any atom is 0.219 e. The highest BCUT2D eigenvalue weighted by molar-refractivity contribution is 5.73. The molecule has 0 unspecified atom stereocenters. The van der Waals surface area contributed by atoms with Crippen molar-refractivity contribution in [3.8, 4) is 5.88 Å². The van der Waals surface area contributed by atoms with Crippen LogP contribution in [-0.2, 0) is 4.79 Å². The summed E-state index contributed by atoms with van der Waals surface area (Å²) >= 11 is 0. The van der Waals surface area contributed by atoms with E-state index in [1.54, 1.807) is 6.92 Å².